The van der Waals surface area contributed by atoms with Gasteiger partial charge in [-0.25, -0.2) is 9.69 Å². The van der Waals surface area contributed by atoms with E-state index in [4.69, 9.17) is 33.0 Å². The van der Waals surface area contributed by atoms with Crippen LogP contribution in [-0.2, 0) is 11.3 Å². The third-order valence-electron chi connectivity index (χ3n) is 5.39. The van der Waals surface area contributed by atoms with E-state index in [2.05, 4.69) is 22.4 Å². The van der Waals surface area contributed by atoms with Gasteiger partial charge < -0.3 is 14.9 Å². The predicted molar refractivity (Wildman–Crippen MR) is 133 cm³/mol. The fraction of sp³-hybridized carbons (Fsp3) is 0.280. The van der Waals surface area contributed by atoms with Gasteiger partial charge in [-0.1, -0.05) is 47.2 Å². The lowest BCUT2D eigenvalue weighted by atomic mass is 10.0. The minimum atomic E-state index is -0.437. The molecular weight excluding hydrogens is 491 g/mol. The molecule has 0 unspecified atom stereocenters. The molecular formula is C25H24Cl2N4O4. The monoisotopic (exact) mass is 514 g/mol. The van der Waals surface area contributed by atoms with Crippen LogP contribution in [0.1, 0.15) is 28.0 Å². The number of morpholine rings is 1. The highest BCUT2D eigenvalue weighted by Crippen LogP contribution is 2.33. The molecule has 2 heterocycles. The summed E-state index contributed by atoms with van der Waals surface area (Å²) in [5.74, 6) is 5.44. The molecule has 1 aromatic heterocycles. The van der Waals surface area contributed by atoms with Crippen LogP contribution in [0.2, 0.25) is 10.0 Å². The number of carbonyl (C=O) groups excluding carboxylic acids is 1. The molecule has 4 rings (SSSR count). The summed E-state index contributed by atoms with van der Waals surface area (Å²) in [6, 6.07) is 12.3. The van der Waals surface area contributed by atoms with Crippen LogP contribution in [0.4, 0.5) is 0 Å². The van der Waals surface area contributed by atoms with Crippen molar-refractivity contribution in [1.29, 1.82) is 0 Å². The van der Waals surface area contributed by atoms with Gasteiger partial charge in [0.1, 0.15) is 0 Å². The largest absolute Gasteiger partial charge is 0.395 e. The number of aliphatic hydroxyl groups excluding tert-OH is 2. The highest BCUT2D eigenvalue weighted by atomic mass is 35.5. The average Bonchev–Trinajstić information content (AvgIpc) is 3.25. The summed E-state index contributed by atoms with van der Waals surface area (Å²) in [5, 5.41) is 26.4. The van der Waals surface area contributed by atoms with Crippen molar-refractivity contribution in [2.24, 2.45) is 0 Å². The molecule has 3 aromatic rings. The molecule has 35 heavy (non-hydrogen) atoms. The van der Waals surface area contributed by atoms with E-state index in [9.17, 15) is 9.90 Å². The number of amides is 1. The highest BCUT2D eigenvalue weighted by Gasteiger charge is 2.26. The number of aliphatic hydroxyl groups is 2. The molecule has 3 N–H and O–H groups in total. The lowest BCUT2D eigenvalue weighted by Crippen LogP contribution is -2.48. The van der Waals surface area contributed by atoms with Crippen LogP contribution in [0.15, 0.2) is 42.5 Å². The van der Waals surface area contributed by atoms with Crippen LogP contribution >= 0.6 is 23.2 Å². The molecule has 8 nitrogen and oxygen atoms in total. The number of rotatable bonds is 6. The van der Waals surface area contributed by atoms with Gasteiger partial charge in [-0.2, -0.15) is 5.10 Å². The molecule has 0 saturated carbocycles. The van der Waals surface area contributed by atoms with Gasteiger partial charge in [-0.3, -0.25) is 10.2 Å². The van der Waals surface area contributed by atoms with Crippen LogP contribution in [0.5, 0.6) is 0 Å². The number of benzene rings is 2. The zero-order valence-corrected chi connectivity index (χ0v) is 20.3. The second kappa shape index (κ2) is 11.7. The van der Waals surface area contributed by atoms with Crippen LogP contribution in [0.25, 0.3) is 16.9 Å². The summed E-state index contributed by atoms with van der Waals surface area (Å²) in [7, 11) is 0. The summed E-state index contributed by atoms with van der Waals surface area (Å²) < 4.78 is 6.88. The SMILES string of the molecule is O=C(NN1CCOCC1)c1nn(-c2ccc(Cl)cc2Cl)c(-c2ccc(C#CCCO)cc2)c1CO. The minimum absolute atomic E-state index is 0.00126. The second-order valence-electron chi connectivity index (χ2n) is 7.73. The van der Waals surface area contributed by atoms with E-state index in [1.165, 1.54) is 0 Å². The van der Waals surface area contributed by atoms with Gasteiger partial charge in [0.2, 0.25) is 0 Å². The Balaban J connectivity index is 1.80. The Morgan fingerprint density at radius 3 is 2.51 bits per heavy atom. The van der Waals surface area contributed by atoms with Crippen molar-refractivity contribution >= 4 is 29.1 Å². The fourth-order valence-electron chi connectivity index (χ4n) is 3.71. The van der Waals surface area contributed by atoms with E-state index in [1.54, 1.807) is 27.9 Å². The number of hydrazine groups is 1. The number of carbonyl (C=O) groups is 1. The van der Waals surface area contributed by atoms with E-state index in [-0.39, 0.29) is 12.3 Å². The maximum absolute atomic E-state index is 13.2. The molecule has 0 radical (unpaired) electrons. The molecule has 0 spiro atoms. The number of aromatic nitrogens is 2. The minimum Gasteiger partial charge on any atom is -0.395 e. The molecule has 1 saturated heterocycles. The molecule has 2 aromatic carbocycles. The van der Waals surface area contributed by atoms with Crippen LogP contribution in [0.3, 0.4) is 0 Å². The van der Waals surface area contributed by atoms with Gasteiger partial charge in [0.25, 0.3) is 5.91 Å². The maximum Gasteiger partial charge on any atom is 0.286 e. The van der Waals surface area contributed by atoms with E-state index in [1.807, 2.05) is 24.3 Å². The number of hydrogen-bond acceptors (Lipinski definition) is 6. The van der Waals surface area contributed by atoms with Crippen LogP contribution in [-0.4, -0.2) is 63.8 Å². The van der Waals surface area contributed by atoms with Gasteiger partial charge in [-0.15, -0.1) is 0 Å². The Morgan fingerprint density at radius 1 is 1.11 bits per heavy atom. The first-order valence-electron chi connectivity index (χ1n) is 11.0. The van der Waals surface area contributed by atoms with Crippen molar-refractivity contribution in [3.05, 3.63) is 69.3 Å². The standard InChI is InChI=1S/C25H24Cl2N4O4/c26-19-8-9-22(21(27)15-19)31-24(18-6-4-17(5-7-18)3-1-2-12-32)20(16-33)23(28-31)25(34)29-30-10-13-35-14-11-30/h4-9,15,32-33H,2,10-14,16H2,(H,29,34). The highest BCUT2D eigenvalue weighted by molar-refractivity contribution is 6.35. The number of nitrogens with one attached hydrogen (secondary N) is 1. The Morgan fingerprint density at radius 2 is 1.86 bits per heavy atom. The van der Waals surface area contributed by atoms with Crippen molar-refractivity contribution < 1.29 is 19.7 Å². The zero-order valence-electron chi connectivity index (χ0n) is 18.8. The van der Waals surface area contributed by atoms with Crippen molar-refractivity contribution in [2.75, 3.05) is 32.9 Å². The molecule has 1 amide bonds. The molecule has 1 aliphatic heterocycles. The lowest BCUT2D eigenvalue weighted by Gasteiger charge is -2.26. The number of nitrogens with zero attached hydrogens (tertiary/aromatic N) is 3. The second-order valence-corrected chi connectivity index (χ2v) is 8.58. The smallest absolute Gasteiger partial charge is 0.286 e. The summed E-state index contributed by atoms with van der Waals surface area (Å²) in [6.07, 6.45) is 0.389. The van der Waals surface area contributed by atoms with Crippen molar-refractivity contribution in [3.63, 3.8) is 0 Å². The van der Waals surface area contributed by atoms with E-state index in [0.29, 0.717) is 65.3 Å². The van der Waals surface area contributed by atoms with Gasteiger partial charge in [-0.05, 0) is 30.3 Å². The zero-order chi connectivity index (χ0) is 24.8. The first-order chi connectivity index (χ1) is 17.0. The maximum atomic E-state index is 13.2. The van der Waals surface area contributed by atoms with Crippen molar-refractivity contribution in [3.8, 4) is 28.8 Å². The number of ether oxygens (including phenoxy) is 1. The Bertz CT molecular complexity index is 1260. The topological polar surface area (TPSA) is 99.9 Å². The Hall–Kier alpha value is -2.90. The van der Waals surface area contributed by atoms with E-state index >= 15 is 0 Å². The average molecular weight is 515 g/mol. The summed E-state index contributed by atoms with van der Waals surface area (Å²) in [4.78, 5) is 13.2. The predicted octanol–water partition coefficient (Wildman–Crippen LogP) is 3.05. The van der Waals surface area contributed by atoms with E-state index in [0.717, 1.165) is 5.56 Å². The quantitative estimate of drug-likeness (QED) is 0.437. The first kappa shape index (κ1) is 25.2. The molecule has 0 aliphatic carbocycles. The molecule has 182 valence electrons. The molecule has 0 bridgehead atoms. The first-order valence-corrected chi connectivity index (χ1v) is 11.8. The van der Waals surface area contributed by atoms with Crippen LogP contribution < -0.4 is 5.43 Å². The van der Waals surface area contributed by atoms with Crippen molar-refractivity contribution in [2.45, 2.75) is 13.0 Å². The van der Waals surface area contributed by atoms with Gasteiger partial charge in [0, 0.05) is 41.2 Å². The van der Waals surface area contributed by atoms with Gasteiger partial charge >= 0.3 is 0 Å². The van der Waals surface area contributed by atoms with Crippen LogP contribution in [0, 0.1) is 11.8 Å². The summed E-state index contributed by atoms with van der Waals surface area (Å²) in [5.41, 5.74) is 5.83. The number of hydrogen-bond donors (Lipinski definition) is 3. The Labute approximate surface area is 213 Å². The molecule has 10 heteroatoms. The summed E-state index contributed by atoms with van der Waals surface area (Å²) >= 11 is 12.6. The molecule has 0 atom stereocenters. The summed E-state index contributed by atoms with van der Waals surface area (Å²) in [6.45, 7) is 1.72. The van der Waals surface area contributed by atoms with Gasteiger partial charge in [0.05, 0.1) is 42.8 Å². The third-order valence-corrected chi connectivity index (χ3v) is 5.93. The molecule has 1 aliphatic rings. The fourth-order valence-corrected chi connectivity index (χ4v) is 4.20. The Kier molecular flexibility index (Phi) is 8.42. The lowest BCUT2D eigenvalue weighted by molar-refractivity contribution is 0.0124. The van der Waals surface area contributed by atoms with E-state index < -0.39 is 12.5 Å². The number of halogens is 2. The normalized spacial score (nSPS) is 13.8. The molecule has 1 fully saturated rings. The van der Waals surface area contributed by atoms with Crippen molar-refractivity contribution in [1.82, 2.24) is 20.2 Å². The van der Waals surface area contributed by atoms with Gasteiger partial charge in [0.15, 0.2) is 5.69 Å². The third kappa shape index (κ3) is 5.85.